The van der Waals surface area contributed by atoms with Crippen molar-refractivity contribution in [2.24, 2.45) is 0 Å². The van der Waals surface area contributed by atoms with Crippen LogP contribution < -0.4 is 5.32 Å². The van der Waals surface area contributed by atoms with Crippen LogP contribution in [0, 0.1) is 12.7 Å². The van der Waals surface area contributed by atoms with Crippen molar-refractivity contribution >= 4 is 11.7 Å². The summed E-state index contributed by atoms with van der Waals surface area (Å²) in [6, 6.07) is 12.0. The molecule has 0 atom stereocenters. The van der Waals surface area contributed by atoms with Crippen molar-refractivity contribution in [1.82, 2.24) is 0 Å². The van der Waals surface area contributed by atoms with Crippen LogP contribution in [0.15, 0.2) is 42.5 Å². The van der Waals surface area contributed by atoms with Crippen molar-refractivity contribution in [2.45, 2.75) is 19.9 Å². The molecule has 0 aliphatic rings. The SMILES string of the molecule is Cc1ccc(F)cc1NCc1ccc(CC(=O)O)cc1. The Balaban J connectivity index is 2.00. The molecule has 2 aromatic rings. The highest BCUT2D eigenvalue weighted by Crippen LogP contribution is 2.17. The Morgan fingerprint density at radius 3 is 2.45 bits per heavy atom. The molecule has 0 aliphatic carbocycles. The molecule has 0 fully saturated rings. The number of anilines is 1. The maximum atomic E-state index is 13.2. The summed E-state index contributed by atoms with van der Waals surface area (Å²) in [5.41, 5.74) is 3.53. The fourth-order valence-corrected chi connectivity index (χ4v) is 1.93. The van der Waals surface area contributed by atoms with Crippen LogP contribution in [0.5, 0.6) is 0 Å². The molecule has 0 spiro atoms. The lowest BCUT2D eigenvalue weighted by Crippen LogP contribution is -2.03. The van der Waals surface area contributed by atoms with Gasteiger partial charge in [-0.2, -0.15) is 0 Å². The van der Waals surface area contributed by atoms with Crippen LogP contribution in [0.1, 0.15) is 16.7 Å². The van der Waals surface area contributed by atoms with Gasteiger partial charge in [0, 0.05) is 12.2 Å². The topological polar surface area (TPSA) is 49.3 Å². The monoisotopic (exact) mass is 273 g/mol. The number of halogens is 1. The van der Waals surface area contributed by atoms with Gasteiger partial charge in [-0.05, 0) is 35.7 Å². The average molecular weight is 273 g/mol. The standard InChI is InChI=1S/C16H16FNO2/c1-11-2-7-14(17)9-15(11)18-10-13-5-3-12(4-6-13)8-16(19)20/h2-7,9,18H,8,10H2,1H3,(H,19,20). The zero-order valence-corrected chi connectivity index (χ0v) is 11.2. The molecule has 2 aromatic carbocycles. The highest BCUT2D eigenvalue weighted by molar-refractivity contribution is 5.70. The molecule has 0 unspecified atom stereocenters. The molecule has 0 saturated heterocycles. The maximum Gasteiger partial charge on any atom is 0.307 e. The minimum atomic E-state index is -0.841. The van der Waals surface area contributed by atoms with Crippen LogP contribution in [-0.2, 0) is 17.8 Å². The lowest BCUT2D eigenvalue weighted by atomic mass is 10.1. The fourth-order valence-electron chi connectivity index (χ4n) is 1.93. The predicted molar refractivity (Wildman–Crippen MR) is 76.2 cm³/mol. The van der Waals surface area contributed by atoms with E-state index in [1.54, 1.807) is 18.2 Å². The van der Waals surface area contributed by atoms with Crippen molar-refractivity contribution in [1.29, 1.82) is 0 Å². The van der Waals surface area contributed by atoms with Crippen molar-refractivity contribution in [2.75, 3.05) is 5.32 Å². The number of rotatable bonds is 5. The van der Waals surface area contributed by atoms with Gasteiger partial charge in [0.15, 0.2) is 0 Å². The molecule has 0 heterocycles. The summed E-state index contributed by atoms with van der Waals surface area (Å²) >= 11 is 0. The molecule has 2 N–H and O–H groups in total. The third kappa shape index (κ3) is 3.82. The van der Waals surface area contributed by atoms with Crippen LogP contribution in [0.4, 0.5) is 10.1 Å². The predicted octanol–water partition coefficient (Wildman–Crippen LogP) is 3.37. The summed E-state index contributed by atoms with van der Waals surface area (Å²) in [7, 11) is 0. The summed E-state index contributed by atoms with van der Waals surface area (Å²) in [5, 5.41) is 11.9. The average Bonchev–Trinajstić information content (AvgIpc) is 2.41. The molecule has 0 aliphatic heterocycles. The van der Waals surface area contributed by atoms with E-state index < -0.39 is 5.97 Å². The highest BCUT2D eigenvalue weighted by atomic mass is 19.1. The molecule has 0 bridgehead atoms. The van der Waals surface area contributed by atoms with E-state index in [2.05, 4.69) is 5.32 Å². The van der Waals surface area contributed by atoms with Gasteiger partial charge >= 0.3 is 5.97 Å². The van der Waals surface area contributed by atoms with Crippen molar-refractivity contribution in [3.63, 3.8) is 0 Å². The first-order valence-corrected chi connectivity index (χ1v) is 6.34. The second kappa shape index (κ2) is 6.19. The number of carboxylic acid groups (broad SMARTS) is 1. The van der Waals surface area contributed by atoms with Gasteiger partial charge in [-0.15, -0.1) is 0 Å². The summed E-state index contributed by atoms with van der Waals surface area (Å²) in [4.78, 5) is 10.6. The molecule has 4 heteroatoms. The molecule has 0 aromatic heterocycles. The summed E-state index contributed by atoms with van der Waals surface area (Å²) in [5.74, 6) is -1.11. The molecule has 3 nitrogen and oxygen atoms in total. The number of hydrogen-bond acceptors (Lipinski definition) is 2. The van der Waals surface area contributed by atoms with Gasteiger partial charge < -0.3 is 10.4 Å². The van der Waals surface area contributed by atoms with Crippen LogP contribution in [-0.4, -0.2) is 11.1 Å². The number of aryl methyl sites for hydroxylation is 1. The molecule has 0 amide bonds. The summed E-state index contributed by atoms with van der Waals surface area (Å²) < 4.78 is 13.2. The van der Waals surface area contributed by atoms with Crippen LogP contribution >= 0.6 is 0 Å². The van der Waals surface area contributed by atoms with Crippen molar-refractivity contribution in [3.05, 3.63) is 65.0 Å². The summed E-state index contributed by atoms with van der Waals surface area (Å²) in [6.45, 7) is 2.48. The van der Waals surface area contributed by atoms with Gasteiger partial charge in [0.1, 0.15) is 5.82 Å². The van der Waals surface area contributed by atoms with E-state index in [4.69, 9.17) is 5.11 Å². The fraction of sp³-hybridized carbons (Fsp3) is 0.188. The first-order chi connectivity index (χ1) is 9.54. The Labute approximate surface area is 117 Å². The zero-order chi connectivity index (χ0) is 14.5. The van der Waals surface area contributed by atoms with Crippen LogP contribution in [0.2, 0.25) is 0 Å². The number of hydrogen-bond donors (Lipinski definition) is 2. The second-order valence-corrected chi connectivity index (χ2v) is 4.70. The van der Waals surface area contributed by atoms with E-state index in [0.717, 1.165) is 22.4 Å². The summed E-state index contributed by atoms with van der Waals surface area (Å²) in [6.07, 6.45) is 0.0245. The third-order valence-corrected chi connectivity index (χ3v) is 3.06. The number of carbonyl (C=O) groups is 1. The second-order valence-electron chi connectivity index (χ2n) is 4.70. The molecule has 0 radical (unpaired) electrons. The molecule has 104 valence electrons. The first kappa shape index (κ1) is 14.1. The number of carboxylic acids is 1. The zero-order valence-electron chi connectivity index (χ0n) is 11.2. The number of benzene rings is 2. The van der Waals surface area contributed by atoms with Gasteiger partial charge in [-0.1, -0.05) is 30.3 Å². The van der Waals surface area contributed by atoms with Gasteiger partial charge in [0.2, 0.25) is 0 Å². The van der Waals surface area contributed by atoms with Gasteiger partial charge in [-0.3, -0.25) is 4.79 Å². The van der Waals surface area contributed by atoms with E-state index in [1.807, 2.05) is 19.1 Å². The largest absolute Gasteiger partial charge is 0.481 e. The minimum Gasteiger partial charge on any atom is -0.481 e. The quantitative estimate of drug-likeness (QED) is 0.878. The van der Waals surface area contributed by atoms with Crippen molar-refractivity contribution < 1.29 is 14.3 Å². The van der Waals surface area contributed by atoms with Gasteiger partial charge in [0.05, 0.1) is 6.42 Å². The smallest absolute Gasteiger partial charge is 0.307 e. The lowest BCUT2D eigenvalue weighted by Gasteiger charge is -2.10. The molecule has 0 saturated carbocycles. The minimum absolute atomic E-state index is 0.0245. The Bertz CT molecular complexity index is 608. The molecule has 20 heavy (non-hydrogen) atoms. The van der Waals surface area contributed by atoms with Crippen LogP contribution in [0.3, 0.4) is 0 Å². The van der Waals surface area contributed by atoms with Crippen molar-refractivity contribution in [3.8, 4) is 0 Å². The normalized spacial score (nSPS) is 10.3. The lowest BCUT2D eigenvalue weighted by molar-refractivity contribution is -0.136. The first-order valence-electron chi connectivity index (χ1n) is 6.34. The molecular formula is C16H16FNO2. The Morgan fingerprint density at radius 1 is 1.15 bits per heavy atom. The number of aliphatic carboxylic acids is 1. The Hall–Kier alpha value is -2.36. The highest BCUT2D eigenvalue weighted by Gasteiger charge is 2.02. The Morgan fingerprint density at radius 2 is 1.80 bits per heavy atom. The van der Waals surface area contributed by atoms with Gasteiger partial charge in [-0.25, -0.2) is 4.39 Å². The van der Waals surface area contributed by atoms with E-state index >= 15 is 0 Å². The molecular weight excluding hydrogens is 257 g/mol. The third-order valence-electron chi connectivity index (χ3n) is 3.06. The van der Waals surface area contributed by atoms with Gasteiger partial charge in [0.25, 0.3) is 0 Å². The van der Waals surface area contributed by atoms with E-state index in [0.29, 0.717) is 6.54 Å². The van der Waals surface area contributed by atoms with E-state index in [9.17, 15) is 9.18 Å². The maximum absolute atomic E-state index is 13.2. The molecule has 2 rings (SSSR count). The number of nitrogens with one attached hydrogen (secondary N) is 1. The van der Waals surface area contributed by atoms with E-state index in [-0.39, 0.29) is 12.2 Å². The van der Waals surface area contributed by atoms with E-state index in [1.165, 1.54) is 12.1 Å². The Kier molecular flexibility index (Phi) is 4.35. The van der Waals surface area contributed by atoms with Crippen LogP contribution in [0.25, 0.3) is 0 Å².